The van der Waals surface area contributed by atoms with Gasteiger partial charge in [-0.15, -0.1) is 24.8 Å². The van der Waals surface area contributed by atoms with Crippen LogP contribution < -0.4 is 16.2 Å². The van der Waals surface area contributed by atoms with Gasteiger partial charge in [0.15, 0.2) is 6.61 Å². The first-order chi connectivity index (χ1) is 9.81. The lowest BCUT2D eigenvalue weighted by molar-refractivity contribution is -0.187. The van der Waals surface area contributed by atoms with E-state index in [0.29, 0.717) is 24.5 Å². The maximum atomic E-state index is 11.9. The second kappa shape index (κ2) is 11.3. The minimum atomic E-state index is -4.56. The first-order valence-electron chi connectivity index (χ1n) is 6.22. The number of carbonyl (C=O) groups excluding carboxylic acids is 1. The Morgan fingerprint density at radius 2 is 1.74 bits per heavy atom. The number of alkyl halides is 3. The van der Waals surface area contributed by atoms with Crippen molar-refractivity contribution in [2.75, 3.05) is 19.8 Å². The summed E-state index contributed by atoms with van der Waals surface area (Å²) in [7, 11) is 0. The van der Waals surface area contributed by atoms with Gasteiger partial charge in [-0.2, -0.15) is 13.2 Å². The molecule has 10 heteroatoms. The molecular weight excluding hydrogens is 360 g/mol. The minimum Gasteiger partial charge on any atom is -0.492 e. The van der Waals surface area contributed by atoms with Crippen LogP contribution in [0.5, 0.6) is 5.75 Å². The van der Waals surface area contributed by atoms with E-state index in [4.69, 9.17) is 16.2 Å². The van der Waals surface area contributed by atoms with Crippen LogP contribution in [0.2, 0.25) is 0 Å². The van der Waals surface area contributed by atoms with Gasteiger partial charge in [-0.05, 0) is 24.1 Å². The van der Waals surface area contributed by atoms with Crippen LogP contribution in [0.4, 0.5) is 13.2 Å². The molecule has 0 aliphatic carbocycles. The van der Waals surface area contributed by atoms with E-state index in [9.17, 15) is 18.0 Å². The molecule has 134 valence electrons. The van der Waals surface area contributed by atoms with Gasteiger partial charge in [0, 0.05) is 6.54 Å². The van der Waals surface area contributed by atoms with Gasteiger partial charge in [-0.25, -0.2) is 0 Å². The summed E-state index contributed by atoms with van der Waals surface area (Å²) in [5, 5.41) is 0. The number of benzene rings is 1. The second-order valence-corrected chi connectivity index (χ2v) is 4.31. The zero-order valence-electron chi connectivity index (χ0n) is 12.0. The molecular formula is C13H19Cl2F3N2O3. The Labute approximate surface area is 144 Å². The van der Waals surface area contributed by atoms with E-state index in [0.717, 1.165) is 0 Å². The van der Waals surface area contributed by atoms with Crippen molar-refractivity contribution in [3.63, 3.8) is 0 Å². The maximum Gasteiger partial charge on any atom is 0.422 e. The lowest BCUT2D eigenvalue weighted by Crippen LogP contribution is -2.36. The number of ether oxygens (including phenoxy) is 2. The van der Waals surface area contributed by atoms with Crippen molar-refractivity contribution in [2.24, 2.45) is 11.5 Å². The van der Waals surface area contributed by atoms with Gasteiger partial charge in [0.25, 0.3) is 0 Å². The van der Waals surface area contributed by atoms with E-state index >= 15 is 0 Å². The summed E-state index contributed by atoms with van der Waals surface area (Å²) in [5.74, 6) is -0.479. The van der Waals surface area contributed by atoms with Crippen LogP contribution in [-0.4, -0.2) is 37.9 Å². The molecule has 0 aromatic heterocycles. The number of carbonyl (C=O) groups is 1. The number of hydrogen-bond acceptors (Lipinski definition) is 5. The molecule has 0 aliphatic heterocycles. The van der Waals surface area contributed by atoms with Crippen LogP contribution in [0.15, 0.2) is 24.3 Å². The molecule has 1 aromatic rings. The van der Waals surface area contributed by atoms with Crippen LogP contribution >= 0.6 is 24.8 Å². The van der Waals surface area contributed by atoms with Crippen LogP contribution in [0.1, 0.15) is 5.56 Å². The van der Waals surface area contributed by atoms with Crippen molar-refractivity contribution >= 4 is 30.8 Å². The summed E-state index contributed by atoms with van der Waals surface area (Å²) in [6.07, 6.45) is -4.48. The van der Waals surface area contributed by atoms with Crippen LogP contribution in [0, 0.1) is 0 Å². The first kappa shape index (κ1) is 24.0. The standard InChI is InChI=1S/C13H17F3N2O3.2ClH/c14-13(15,16)8-21-12(19)11(18)7-9-1-3-10(4-2-9)20-6-5-17;;/h1-4,11H,5-8,17-18H2;2*1H/t11-;;/m0../s1. The second-order valence-electron chi connectivity index (χ2n) is 4.31. The monoisotopic (exact) mass is 378 g/mol. The zero-order chi connectivity index (χ0) is 15.9. The third kappa shape index (κ3) is 10.2. The largest absolute Gasteiger partial charge is 0.492 e. The van der Waals surface area contributed by atoms with Gasteiger partial charge < -0.3 is 20.9 Å². The Morgan fingerprint density at radius 3 is 2.22 bits per heavy atom. The number of hydrogen-bond donors (Lipinski definition) is 2. The van der Waals surface area contributed by atoms with Gasteiger partial charge in [0.2, 0.25) is 0 Å². The molecule has 1 rings (SSSR count). The molecule has 0 saturated carbocycles. The topological polar surface area (TPSA) is 87.6 Å². The summed E-state index contributed by atoms with van der Waals surface area (Å²) < 4.78 is 45.1. The van der Waals surface area contributed by atoms with E-state index in [1.54, 1.807) is 24.3 Å². The Bertz CT molecular complexity index is 459. The van der Waals surface area contributed by atoms with Gasteiger partial charge >= 0.3 is 12.1 Å². The zero-order valence-corrected chi connectivity index (χ0v) is 13.7. The first-order valence-corrected chi connectivity index (χ1v) is 6.22. The van der Waals surface area contributed by atoms with E-state index in [-0.39, 0.29) is 31.2 Å². The SMILES string of the molecule is Cl.Cl.NCCOc1ccc(C[C@H](N)C(=O)OCC(F)(F)F)cc1. The molecule has 1 aromatic carbocycles. The highest BCUT2D eigenvalue weighted by atomic mass is 35.5. The third-order valence-electron chi connectivity index (χ3n) is 2.45. The fourth-order valence-electron chi connectivity index (χ4n) is 1.50. The maximum absolute atomic E-state index is 11.9. The van der Waals surface area contributed by atoms with Crippen molar-refractivity contribution in [3.8, 4) is 5.75 Å². The summed E-state index contributed by atoms with van der Waals surface area (Å²) in [6.45, 7) is -0.869. The molecule has 0 amide bonds. The smallest absolute Gasteiger partial charge is 0.422 e. The predicted octanol–water partition coefficient (Wildman–Crippen LogP) is 1.84. The Balaban J connectivity index is 0. The quantitative estimate of drug-likeness (QED) is 0.706. The lowest BCUT2D eigenvalue weighted by atomic mass is 10.1. The fourth-order valence-corrected chi connectivity index (χ4v) is 1.50. The Hall–Kier alpha value is -1.22. The highest BCUT2D eigenvalue weighted by molar-refractivity contribution is 5.85. The molecule has 0 bridgehead atoms. The van der Waals surface area contributed by atoms with E-state index < -0.39 is 24.8 Å². The molecule has 0 fully saturated rings. The summed E-state index contributed by atoms with van der Waals surface area (Å²) >= 11 is 0. The van der Waals surface area contributed by atoms with Crippen LogP contribution in [-0.2, 0) is 16.0 Å². The van der Waals surface area contributed by atoms with Crippen LogP contribution in [0.3, 0.4) is 0 Å². The third-order valence-corrected chi connectivity index (χ3v) is 2.45. The van der Waals surface area contributed by atoms with Crippen molar-refractivity contribution < 1.29 is 27.4 Å². The fraction of sp³-hybridized carbons (Fsp3) is 0.462. The Morgan fingerprint density at radius 1 is 1.17 bits per heavy atom. The highest BCUT2D eigenvalue weighted by Gasteiger charge is 2.30. The number of rotatable bonds is 7. The number of halogens is 5. The molecule has 0 radical (unpaired) electrons. The summed E-state index contributed by atoms with van der Waals surface area (Å²) in [4.78, 5) is 11.3. The summed E-state index contributed by atoms with van der Waals surface area (Å²) in [6, 6.07) is 5.52. The van der Waals surface area contributed by atoms with Gasteiger partial charge in [0.05, 0.1) is 0 Å². The average molecular weight is 379 g/mol. The Kier molecular flexibility index (Phi) is 11.8. The van der Waals surface area contributed by atoms with E-state index in [1.165, 1.54) is 0 Å². The normalized spacial score (nSPS) is 11.7. The molecule has 4 N–H and O–H groups in total. The average Bonchev–Trinajstić information content (AvgIpc) is 2.43. The van der Waals surface area contributed by atoms with E-state index in [2.05, 4.69) is 4.74 Å². The molecule has 0 heterocycles. The van der Waals surface area contributed by atoms with E-state index in [1.807, 2.05) is 0 Å². The summed E-state index contributed by atoms with van der Waals surface area (Å²) in [5.41, 5.74) is 11.5. The molecule has 0 saturated heterocycles. The number of nitrogens with two attached hydrogens (primary N) is 2. The van der Waals surface area contributed by atoms with Crippen molar-refractivity contribution in [1.82, 2.24) is 0 Å². The molecule has 1 atom stereocenters. The molecule has 0 aliphatic rings. The van der Waals surface area contributed by atoms with Gasteiger partial charge in [-0.3, -0.25) is 4.79 Å². The molecule has 23 heavy (non-hydrogen) atoms. The van der Waals surface area contributed by atoms with Crippen molar-refractivity contribution in [2.45, 2.75) is 18.6 Å². The van der Waals surface area contributed by atoms with Crippen LogP contribution in [0.25, 0.3) is 0 Å². The minimum absolute atomic E-state index is 0. The highest BCUT2D eigenvalue weighted by Crippen LogP contribution is 2.16. The molecule has 5 nitrogen and oxygen atoms in total. The van der Waals surface area contributed by atoms with Gasteiger partial charge in [0.1, 0.15) is 18.4 Å². The van der Waals surface area contributed by atoms with Crippen molar-refractivity contribution in [1.29, 1.82) is 0 Å². The molecule has 0 spiro atoms. The predicted molar refractivity (Wildman–Crippen MR) is 84.2 cm³/mol. The molecule has 0 unspecified atom stereocenters. The van der Waals surface area contributed by atoms with Gasteiger partial charge in [-0.1, -0.05) is 12.1 Å². The van der Waals surface area contributed by atoms with Crippen molar-refractivity contribution in [3.05, 3.63) is 29.8 Å². The number of esters is 1. The lowest BCUT2D eigenvalue weighted by Gasteiger charge is -2.13.